The number of rotatable bonds is 7. The summed E-state index contributed by atoms with van der Waals surface area (Å²) in [6.07, 6.45) is 1.40. The minimum Gasteiger partial charge on any atom is -0.352 e. The van der Waals surface area contributed by atoms with Crippen LogP contribution in [0.2, 0.25) is 0 Å². The summed E-state index contributed by atoms with van der Waals surface area (Å²) in [5.41, 5.74) is 3.16. The normalized spacial score (nSPS) is 11.0. The van der Waals surface area contributed by atoms with Crippen LogP contribution in [-0.2, 0) is 17.9 Å². The van der Waals surface area contributed by atoms with E-state index in [1.54, 1.807) is 7.05 Å². The molecule has 0 heterocycles. The zero-order valence-electron chi connectivity index (χ0n) is 14.9. The summed E-state index contributed by atoms with van der Waals surface area (Å²) in [5.74, 6) is 0.808. The Bertz CT molecular complexity index is 681. The molecule has 1 amide bonds. The van der Waals surface area contributed by atoms with Gasteiger partial charge in [0.05, 0.1) is 0 Å². The Morgan fingerprint density at radius 1 is 0.920 bits per heavy atom. The van der Waals surface area contributed by atoms with Gasteiger partial charge < -0.3 is 16.0 Å². The van der Waals surface area contributed by atoms with Crippen LogP contribution in [0.15, 0.2) is 59.6 Å². The number of hydrogen-bond acceptors (Lipinski definition) is 2. The average Bonchev–Trinajstić information content (AvgIpc) is 2.64. The molecule has 0 atom stereocenters. The van der Waals surface area contributed by atoms with Crippen LogP contribution in [0.5, 0.6) is 0 Å². The maximum Gasteiger partial charge on any atom is 0.224 e. The third-order valence-electron chi connectivity index (χ3n) is 3.70. The smallest absolute Gasteiger partial charge is 0.224 e. The predicted octanol–water partition coefficient (Wildman–Crippen LogP) is 3.29. The van der Waals surface area contributed by atoms with Crippen LogP contribution in [-0.4, -0.2) is 18.9 Å². The topological polar surface area (TPSA) is 65.5 Å². The molecule has 0 aliphatic rings. The highest BCUT2D eigenvalue weighted by molar-refractivity contribution is 5.90. The van der Waals surface area contributed by atoms with Gasteiger partial charge in [-0.25, -0.2) is 0 Å². The second-order valence-corrected chi connectivity index (χ2v) is 5.76. The van der Waals surface area contributed by atoms with Gasteiger partial charge in [-0.05, 0) is 29.7 Å². The van der Waals surface area contributed by atoms with Crippen molar-refractivity contribution >= 4 is 17.6 Å². The number of nitrogens with one attached hydrogen (secondary N) is 3. The number of amides is 1. The molecule has 0 saturated carbocycles. The van der Waals surface area contributed by atoms with E-state index in [0.717, 1.165) is 30.2 Å². The third kappa shape index (κ3) is 6.67. The first-order valence-corrected chi connectivity index (χ1v) is 8.58. The van der Waals surface area contributed by atoms with Gasteiger partial charge in [-0.3, -0.25) is 9.79 Å². The standard InChI is InChI=1S/C20H26N4O/c1-3-7-19(25)24-18-12-10-17(11-13-18)15-23-20(21-2)22-14-16-8-5-4-6-9-16/h4-6,8-13H,3,7,14-15H2,1-2H3,(H,24,25)(H2,21,22,23). The van der Waals surface area contributed by atoms with Crippen LogP contribution in [0.1, 0.15) is 30.9 Å². The van der Waals surface area contributed by atoms with Gasteiger partial charge in [0.25, 0.3) is 0 Å². The zero-order chi connectivity index (χ0) is 17.9. The molecule has 0 saturated heterocycles. The molecule has 0 bridgehead atoms. The van der Waals surface area contributed by atoms with Crippen molar-refractivity contribution in [2.45, 2.75) is 32.9 Å². The van der Waals surface area contributed by atoms with Gasteiger partial charge in [0, 0.05) is 32.2 Å². The first-order valence-electron chi connectivity index (χ1n) is 8.58. The molecule has 0 aliphatic heterocycles. The lowest BCUT2D eigenvalue weighted by molar-refractivity contribution is -0.116. The molecule has 2 aromatic carbocycles. The van der Waals surface area contributed by atoms with Gasteiger partial charge in [-0.15, -0.1) is 0 Å². The molecular formula is C20H26N4O. The van der Waals surface area contributed by atoms with Gasteiger partial charge in [0.1, 0.15) is 0 Å². The van der Waals surface area contributed by atoms with Crippen molar-refractivity contribution in [2.75, 3.05) is 12.4 Å². The number of nitrogens with zero attached hydrogens (tertiary/aromatic N) is 1. The van der Waals surface area contributed by atoms with Gasteiger partial charge in [-0.2, -0.15) is 0 Å². The average molecular weight is 338 g/mol. The minimum absolute atomic E-state index is 0.0545. The van der Waals surface area contributed by atoms with Crippen molar-refractivity contribution in [3.05, 3.63) is 65.7 Å². The van der Waals surface area contributed by atoms with Crippen molar-refractivity contribution in [3.63, 3.8) is 0 Å². The van der Waals surface area contributed by atoms with E-state index in [4.69, 9.17) is 0 Å². The summed E-state index contributed by atoms with van der Waals surface area (Å²) in [4.78, 5) is 15.8. The number of guanidine groups is 1. The second kappa shape index (κ2) is 10.1. The summed E-state index contributed by atoms with van der Waals surface area (Å²) < 4.78 is 0. The van der Waals surface area contributed by atoms with Gasteiger partial charge in [-0.1, -0.05) is 49.4 Å². The summed E-state index contributed by atoms with van der Waals surface area (Å²) >= 11 is 0. The molecule has 0 aromatic heterocycles. The van der Waals surface area contributed by atoms with Crippen molar-refractivity contribution in [1.82, 2.24) is 10.6 Å². The number of hydrogen-bond donors (Lipinski definition) is 3. The van der Waals surface area contributed by atoms with E-state index >= 15 is 0 Å². The Morgan fingerprint density at radius 3 is 2.08 bits per heavy atom. The van der Waals surface area contributed by atoms with E-state index in [-0.39, 0.29) is 5.91 Å². The monoisotopic (exact) mass is 338 g/mol. The molecule has 0 aliphatic carbocycles. The highest BCUT2D eigenvalue weighted by Crippen LogP contribution is 2.10. The number of carbonyl (C=O) groups is 1. The molecule has 0 unspecified atom stereocenters. The Morgan fingerprint density at radius 2 is 1.52 bits per heavy atom. The first kappa shape index (κ1) is 18.5. The number of benzene rings is 2. The molecule has 5 heteroatoms. The fourth-order valence-electron chi connectivity index (χ4n) is 2.34. The highest BCUT2D eigenvalue weighted by atomic mass is 16.1. The predicted molar refractivity (Wildman–Crippen MR) is 103 cm³/mol. The number of aliphatic imine (C=N–C) groups is 1. The van der Waals surface area contributed by atoms with Crippen LogP contribution >= 0.6 is 0 Å². The van der Waals surface area contributed by atoms with Gasteiger partial charge >= 0.3 is 0 Å². The Hall–Kier alpha value is -2.82. The first-order chi connectivity index (χ1) is 12.2. The van der Waals surface area contributed by atoms with Crippen molar-refractivity contribution in [2.24, 2.45) is 4.99 Å². The Balaban J connectivity index is 1.80. The zero-order valence-corrected chi connectivity index (χ0v) is 14.9. The molecule has 3 N–H and O–H groups in total. The fourth-order valence-corrected chi connectivity index (χ4v) is 2.34. The lowest BCUT2D eigenvalue weighted by atomic mass is 10.2. The SMILES string of the molecule is CCCC(=O)Nc1ccc(CNC(=NC)NCc2ccccc2)cc1. The minimum atomic E-state index is 0.0545. The van der Waals surface area contributed by atoms with E-state index in [9.17, 15) is 4.79 Å². The molecule has 2 rings (SSSR count). The summed E-state index contributed by atoms with van der Waals surface area (Å²) in [6.45, 7) is 3.38. The summed E-state index contributed by atoms with van der Waals surface area (Å²) in [6, 6.07) is 18.0. The maximum absolute atomic E-state index is 11.6. The molecule has 5 nitrogen and oxygen atoms in total. The summed E-state index contributed by atoms with van der Waals surface area (Å²) in [7, 11) is 1.76. The molecule has 2 aromatic rings. The number of carbonyl (C=O) groups excluding carboxylic acids is 1. The van der Waals surface area contributed by atoms with Crippen molar-refractivity contribution < 1.29 is 4.79 Å². The maximum atomic E-state index is 11.6. The van der Waals surface area contributed by atoms with E-state index in [1.807, 2.05) is 49.4 Å². The van der Waals surface area contributed by atoms with E-state index in [1.165, 1.54) is 5.56 Å². The van der Waals surface area contributed by atoms with E-state index in [2.05, 4.69) is 33.1 Å². The van der Waals surface area contributed by atoms with Crippen LogP contribution in [0.3, 0.4) is 0 Å². The van der Waals surface area contributed by atoms with Gasteiger partial charge in [0.15, 0.2) is 5.96 Å². The van der Waals surface area contributed by atoms with Crippen molar-refractivity contribution in [1.29, 1.82) is 0 Å². The summed E-state index contributed by atoms with van der Waals surface area (Å²) in [5, 5.41) is 9.47. The lowest BCUT2D eigenvalue weighted by Crippen LogP contribution is -2.36. The van der Waals surface area contributed by atoms with Crippen LogP contribution in [0, 0.1) is 0 Å². The fraction of sp³-hybridized carbons (Fsp3) is 0.300. The number of anilines is 1. The molecule has 0 fully saturated rings. The molecule has 25 heavy (non-hydrogen) atoms. The largest absolute Gasteiger partial charge is 0.352 e. The molecule has 0 radical (unpaired) electrons. The molecular weight excluding hydrogens is 312 g/mol. The Labute approximate surface area is 149 Å². The van der Waals surface area contributed by atoms with Gasteiger partial charge in [0.2, 0.25) is 5.91 Å². The highest BCUT2D eigenvalue weighted by Gasteiger charge is 2.02. The van der Waals surface area contributed by atoms with Crippen LogP contribution in [0.4, 0.5) is 5.69 Å². The quantitative estimate of drug-likeness (QED) is 0.536. The van der Waals surface area contributed by atoms with E-state index < -0.39 is 0 Å². The lowest BCUT2D eigenvalue weighted by Gasteiger charge is -2.12. The van der Waals surface area contributed by atoms with E-state index in [0.29, 0.717) is 13.0 Å². The van der Waals surface area contributed by atoms with Crippen LogP contribution < -0.4 is 16.0 Å². The molecule has 132 valence electrons. The third-order valence-corrected chi connectivity index (χ3v) is 3.70. The molecule has 0 spiro atoms. The second-order valence-electron chi connectivity index (χ2n) is 5.76. The van der Waals surface area contributed by atoms with Crippen molar-refractivity contribution in [3.8, 4) is 0 Å². The van der Waals surface area contributed by atoms with Crippen LogP contribution in [0.25, 0.3) is 0 Å². The Kier molecular flexibility index (Phi) is 7.50.